The van der Waals surface area contributed by atoms with E-state index < -0.39 is 0 Å². The minimum Gasteiger partial charge on any atom is -0.301 e. The average Bonchev–Trinajstić information content (AvgIpc) is 3.17. The number of hydrogen-bond donors (Lipinski definition) is 1. The van der Waals surface area contributed by atoms with Gasteiger partial charge in [0, 0.05) is 22.7 Å². The van der Waals surface area contributed by atoms with Gasteiger partial charge in [0.1, 0.15) is 5.69 Å². The molecule has 1 amide bonds. The van der Waals surface area contributed by atoms with Crippen LogP contribution >= 0.6 is 34.4 Å². The molecule has 23 heavy (non-hydrogen) atoms. The van der Waals surface area contributed by atoms with Crippen LogP contribution in [0.1, 0.15) is 10.7 Å². The van der Waals surface area contributed by atoms with Crippen molar-refractivity contribution in [2.75, 3.05) is 11.1 Å². The Morgan fingerprint density at radius 3 is 2.87 bits per heavy atom. The third kappa shape index (κ3) is 4.60. The lowest BCUT2D eigenvalue weighted by Gasteiger charge is -2.00. The fourth-order valence-electron chi connectivity index (χ4n) is 1.84. The highest BCUT2D eigenvalue weighted by Gasteiger charge is 2.09. The minimum atomic E-state index is -0.0520. The predicted octanol–water partition coefficient (Wildman–Crippen LogP) is 3.84. The largest absolute Gasteiger partial charge is 0.301 e. The van der Waals surface area contributed by atoms with Crippen LogP contribution in [0.25, 0.3) is 11.4 Å². The van der Waals surface area contributed by atoms with E-state index in [9.17, 15) is 4.79 Å². The monoisotopic (exact) mass is 362 g/mol. The SMILES string of the molecule is Cc1nc(CSCC(=O)Nc2nc(-c3ccccn3)cs2)cs1. The lowest BCUT2D eigenvalue weighted by Crippen LogP contribution is -2.14. The summed E-state index contributed by atoms with van der Waals surface area (Å²) in [6, 6.07) is 5.67. The molecule has 0 saturated heterocycles. The lowest BCUT2D eigenvalue weighted by molar-refractivity contribution is -0.113. The molecule has 0 atom stereocenters. The average molecular weight is 363 g/mol. The van der Waals surface area contributed by atoms with Crippen molar-refractivity contribution in [3.8, 4) is 11.4 Å². The second kappa shape index (κ2) is 7.67. The van der Waals surface area contributed by atoms with Crippen LogP contribution in [0.4, 0.5) is 5.13 Å². The fraction of sp³-hybridized carbons (Fsp3) is 0.200. The number of amides is 1. The molecular weight excluding hydrogens is 348 g/mol. The van der Waals surface area contributed by atoms with Gasteiger partial charge in [-0.25, -0.2) is 9.97 Å². The van der Waals surface area contributed by atoms with E-state index >= 15 is 0 Å². The Morgan fingerprint density at radius 2 is 2.13 bits per heavy atom. The molecule has 3 heterocycles. The zero-order chi connectivity index (χ0) is 16.1. The summed E-state index contributed by atoms with van der Waals surface area (Å²) in [4.78, 5) is 25.0. The van der Waals surface area contributed by atoms with Gasteiger partial charge in [-0.1, -0.05) is 6.07 Å². The van der Waals surface area contributed by atoms with E-state index in [0.29, 0.717) is 10.9 Å². The maximum Gasteiger partial charge on any atom is 0.236 e. The Morgan fingerprint density at radius 1 is 1.22 bits per heavy atom. The van der Waals surface area contributed by atoms with E-state index in [1.165, 1.54) is 11.3 Å². The molecule has 0 saturated carbocycles. The van der Waals surface area contributed by atoms with Crippen molar-refractivity contribution in [1.29, 1.82) is 0 Å². The van der Waals surface area contributed by atoms with Crippen molar-refractivity contribution in [3.63, 3.8) is 0 Å². The van der Waals surface area contributed by atoms with Gasteiger partial charge in [-0.2, -0.15) is 0 Å². The topological polar surface area (TPSA) is 67.8 Å². The van der Waals surface area contributed by atoms with Gasteiger partial charge < -0.3 is 5.32 Å². The number of thioether (sulfide) groups is 1. The second-order valence-electron chi connectivity index (χ2n) is 4.65. The number of carbonyl (C=O) groups is 1. The van der Waals surface area contributed by atoms with Crippen LogP contribution in [-0.2, 0) is 10.5 Å². The van der Waals surface area contributed by atoms with Crippen LogP contribution in [0.3, 0.4) is 0 Å². The number of pyridine rings is 1. The first kappa shape index (κ1) is 16.1. The summed E-state index contributed by atoms with van der Waals surface area (Å²) in [5.41, 5.74) is 2.60. The highest BCUT2D eigenvalue weighted by Crippen LogP contribution is 2.23. The molecule has 8 heteroatoms. The Labute approximate surface area is 146 Å². The Hall–Kier alpha value is -1.77. The van der Waals surface area contributed by atoms with Crippen molar-refractivity contribution < 1.29 is 4.79 Å². The van der Waals surface area contributed by atoms with Crippen LogP contribution in [0.5, 0.6) is 0 Å². The highest BCUT2D eigenvalue weighted by molar-refractivity contribution is 7.99. The summed E-state index contributed by atoms with van der Waals surface area (Å²) < 4.78 is 0. The van der Waals surface area contributed by atoms with Gasteiger partial charge in [0.15, 0.2) is 5.13 Å². The van der Waals surface area contributed by atoms with Crippen LogP contribution in [-0.4, -0.2) is 26.6 Å². The molecule has 0 spiro atoms. The first-order chi connectivity index (χ1) is 11.2. The number of hydrogen-bond acceptors (Lipinski definition) is 7. The summed E-state index contributed by atoms with van der Waals surface area (Å²) >= 11 is 4.58. The summed E-state index contributed by atoms with van der Waals surface area (Å²) in [7, 11) is 0. The zero-order valence-corrected chi connectivity index (χ0v) is 14.8. The first-order valence-corrected chi connectivity index (χ1v) is 9.77. The molecule has 0 bridgehead atoms. The van der Waals surface area contributed by atoms with Crippen molar-refractivity contribution in [2.45, 2.75) is 12.7 Å². The summed E-state index contributed by atoms with van der Waals surface area (Å²) in [6.07, 6.45) is 1.73. The fourth-order valence-corrected chi connectivity index (χ4v) is 4.00. The van der Waals surface area contributed by atoms with Crippen molar-refractivity contribution in [2.24, 2.45) is 0 Å². The quantitative estimate of drug-likeness (QED) is 0.721. The molecule has 3 rings (SSSR count). The summed E-state index contributed by atoms with van der Waals surface area (Å²) in [5.74, 6) is 1.08. The molecule has 0 aliphatic carbocycles. The maximum absolute atomic E-state index is 12.0. The maximum atomic E-state index is 12.0. The Balaban J connectivity index is 1.49. The van der Waals surface area contributed by atoms with Crippen LogP contribution < -0.4 is 5.32 Å². The molecule has 5 nitrogen and oxygen atoms in total. The molecule has 0 radical (unpaired) electrons. The number of rotatable bonds is 6. The Bertz CT molecular complexity index is 785. The number of aryl methyl sites for hydroxylation is 1. The molecule has 3 aromatic rings. The van der Waals surface area contributed by atoms with Gasteiger partial charge in [0.2, 0.25) is 5.91 Å². The zero-order valence-electron chi connectivity index (χ0n) is 12.4. The van der Waals surface area contributed by atoms with E-state index in [-0.39, 0.29) is 5.91 Å². The molecule has 0 fully saturated rings. The number of anilines is 1. The van der Waals surface area contributed by atoms with E-state index in [0.717, 1.165) is 27.8 Å². The Kier molecular flexibility index (Phi) is 5.37. The van der Waals surface area contributed by atoms with Gasteiger partial charge in [-0.3, -0.25) is 9.78 Å². The highest BCUT2D eigenvalue weighted by atomic mass is 32.2. The molecule has 118 valence electrons. The lowest BCUT2D eigenvalue weighted by atomic mass is 10.3. The molecule has 0 aromatic carbocycles. The molecule has 1 N–H and O–H groups in total. The van der Waals surface area contributed by atoms with Crippen molar-refractivity contribution >= 4 is 45.5 Å². The van der Waals surface area contributed by atoms with Gasteiger partial charge in [0.25, 0.3) is 0 Å². The van der Waals surface area contributed by atoms with Gasteiger partial charge >= 0.3 is 0 Å². The molecule has 0 unspecified atom stereocenters. The van der Waals surface area contributed by atoms with E-state index in [1.807, 2.05) is 35.9 Å². The summed E-state index contributed by atoms with van der Waals surface area (Å²) in [5, 5.41) is 8.39. The van der Waals surface area contributed by atoms with Crippen LogP contribution in [0.15, 0.2) is 35.2 Å². The third-order valence-electron chi connectivity index (χ3n) is 2.83. The molecular formula is C15H14N4OS3. The smallest absolute Gasteiger partial charge is 0.236 e. The standard InChI is InChI=1S/C15H14N4OS3/c1-10-17-11(7-22-10)6-21-9-14(20)19-15-18-13(8-23-15)12-4-2-3-5-16-12/h2-5,7-8H,6,9H2,1H3,(H,18,19,20). The van der Waals surface area contributed by atoms with E-state index in [4.69, 9.17) is 0 Å². The molecule has 0 aliphatic rings. The third-order valence-corrected chi connectivity index (χ3v) is 5.37. The number of nitrogens with zero attached hydrogens (tertiary/aromatic N) is 3. The minimum absolute atomic E-state index is 0.0520. The first-order valence-electron chi connectivity index (χ1n) is 6.86. The second-order valence-corrected chi connectivity index (χ2v) is 7.56. The predicted molar refractivity (Wildman–Crippen MR) is 97.0 cm³/mol. The number of carbonyl (C=O) groups excluding carboxylic acids is 1. The summed E-state index contributed by atoms with van der Waals surface area (Å²) in [6.45, 7) is 1.98. The number of nitrogens with one attached hydrogen (secondary N) is 1. The number of aromatic nitrogens is 3. The molecule has 3 aromatic heterocycles. The van der Waals surface area contributed by atoms with Crippen LogP contribution in [0.2, 0.25) is 0 Å². The van der Waals surface area contributed by atoms with E-state index in [2.05, 4.69) is 20.3 Å². The van der Waals surface area contributed by atoms with Gasteiger partial charge in [0.05, 0.1) is 22.1 Å². The molecule has 0 aliphatic heterocycles. The van der Waals surface area contributed by atoms with Gasteiger partial charge in [-0.15, -0.1) is 34.4 Å². The van der Waals surface area contributed by atoms with Crippen molar-refractivity contribution in [3.05, 3.63) is 45.9 Å². The van der Waals surface area contributed by atoms with E-state index in [1.54, 1.807) is 29.3 Å². The van der Waals surface area contributed by atoms with Crippen LogP contribution in [0, 0.1) is 6.92 Å². The van der Waals surface area contributed by atoms with Gasteiger partial charge in [-0.05, 0) is 19.1 Å². The number of thiazole rings is 2. The van der Waals surface area contributed by atoms with Crippen molar-refractivity contribution in [1.82, 2.24) is 15.0 Å². The normalized spacial score (nSPS) is 10.7.